The van der Waals surface area contributed by atoms with Crippen LogP contribution in [0.4, 0.5) is 5.69 Å². The molecule has 7 rings (SSSR count). The highest BCUT2D eigenvalue weighted by molar-refractivity contribution is 6.36. The molecule has 1 amide bonds. The predicted molar refractivity (Wildman–Crippen MR) is 152 cm³/mol. The molecule has 194 valence electrons. The number of para-hydroxylation sites is 1. The van der Waals surface area contributed by atoms with Gasteiger partial charge in [0.05, 0.1) is 62.7 Å². The van der Waals surface area contributed by atoms with Gasteiger partial charge in [-0.25, -0.2) is 9.67 Å². The van der Waals surface area contributed by atoms with Gasteiger partial charge < -0.3 is 4.74 Å². The van der Waals surface area contributed by atoms with Crippen molar-refractivity contribution in [2.45, 2.75) is 6.92 Å². The normalized spacial score (nSPS) is 14.1. The monoisotopic (exact) mass is 533 g/mol. The average molecular weight is 534 g/mol. The second-order valence-electron chi connectivity index (χ2n) is 9.59. The van der Waals surface area contributed by atoms with Gasteiger partial charge in [-0.15, -0.1) is 0 Å². The second kappa shape index (κ2) is 9.30. The van der Waals surface area contributed by atoms with Crippen molar-refractivity contribution < 1.29 is 9.53 Å². The van der Waals surface area contributed by atoms with Gasteiger partial charge in [-0.3, -0.25) is 4.79 Å². The number of aromatic nitrogens is 3. The molecule has 2 aliphatic heterocycles. The van der Waals surface area contributed by atoms with Crippen molar-refractivity contribution in [1.29, 1.82) is 10.5 Å². The van der Waals surface area contributed by atoms with Crippen LogP contribution >= 0.6 is 0 Å². The van der Waals surface area contributed by atoms with E-state index >= 15 is 0 Å². The van der Waals surface area contributed by atoms with Crippen LogP contribution in [0.3, 0.4) is 0 Å². The summed E-state index contributed by atoms with van der Waals surface area (Å²) in [6.07, 6.45) is 0. The number of nitriles is 2. The summed E-state index contributed by atoms with van der Waals surface area (Å²) in [7, 11) is 0. The Morgan fingerprint density at radius 3 is 2.22 bits per heavy atom. The predicted octanol–water partition coefficient (Wildman–Crippen LogP) is 5.07. The fourth-order valence-corrected chi connectivity index (χ4v) is 5.15. The Morgan fingerprint density at radius 1 is 0.829 bits per heavy atom. The molecule has 0 fully saturated rings. The van der Waals surface area contributed by atoms with Gasteiger partial charge >= 0.3 is 0 Å². The highest BCUT2D eigenvalue weighted by Gasteiger charge is 2.40. The number of aryl methyl sites for hydroxylation is 1. The van der Waals surface area contributed by atoms with E-state index in [1.54, 1.807) is 53.2 Å². The lowest BCUT2D eigenvalue weighted by atomic mass is 9.94. The molecule has 0 aliphatic carbocycles. The number of hydrazone groups is 1. The van der Waals surface area contributed by atoms with Crippen molar-refractivity contribution in [3.63, 3.8) is 0 Å². The minimum atomic E-state index is -0.323. The molecule has 0 N–H and O–H groups in total. The van der Waals surface area contributed by atoms with E-state index in [1.165, 1.54) is 5.01 Å². The molecule has 0 atom stereocenters. The zero-order valence-electron chi connectivity index (χ0n) is 21.7. The number of carbonyl (C=O) groups is 1. The number of anilines is 1. The molecule has 0 saturated heterocycles. The summed E-state index contributed by atoms with van der Waals surface area (Å²) in [5.41, 5.74) is 6.38. The summed E-state index contributed by atoms with van der Waals surface area (Å²) in [4.78, 5) is 19.1. The number of carbonyl (C=O) groups excluding carboxylic acids is 1. The maximum absolute atomic E-state index is 14.1. The van der Waals surface area contributed by atoms with E-state index in [2.05, 4.69) is 17.2 Å². The molecule has 9 heteroatoms. The number of hydrogen-bond donors (Lipinski definition) is 0. The lowest BCUT2D eigenvalue weighted by Crippen LogP contribution is -2.22. The Bertz CT molecular complexity index is 2040. The highest BCUT2D eigenvalue weighted by atomic mass is 16.5. The van der Waals surface area contributed by atoms with Crippen molar-refractivity contribution in [1.82, 2.24) is 14.8 Å². The first kappa shape index (κ1) is 24.0. The maximum atomic E-state index is 14.1. The van der Waals surface area contributed by atoms with E-state index in [0.717, 1.165) is 10.9 Å². The summed E-state index contributed by atoms with van der Waals surface area (Å²) in [5, 5.41) is 30.2. The van der Waals surface area contributed by atoms with Crippen LogP contribution in [0.5, 0.6) is 5.88 Å². The van der Waals surface area contributed by atoms with Crippen LogP contribution in [0.1, 0.15) is 28.1 Å². The topological polar surface area (TPSA) is 120 Å². The first-order chi connectivity index (χ1) is 20.1. The summed E-state index contributed by atoms with van der Waals surface area (Å²) in [5.74, 6) is 0.135. The van der Waals surface area contributed by atoms with Gasteiger partial charge in [0.15, 0.2) is 0 Å². The molecule has 9 nitrogen and oxygen atoms in total. The second-order valence-corrected chi connectivity index (χ2v) is 9.59. The van der Waals surface area contributed by atoms with Gasteiger partial charge in [0.1, 0.15) is 12.3 Å². The van der Waals surface area contributed by atoms with Crippen LogP contribution in [0.25, 0.3) is 22.2 Å². The number of rotatable bonds is 3. The zero-order chi connectivity index (χ0) is 28.1. The lowest BCUT2D eigenvalue weighted by molar-refractivity contribution is -0.114. The van der Waals surface area contributed by atoms with E-state index < -0.39 is 0 Å². The minimum absolute atomic E-state index is 0.0271. The molecule has 0 unspecified atom stereocenters. The number of fused-ring (bicyclic) bond motifs is 3. The molecular formula is C32H19N7O2. The van der Waals surface area contributed by atoms with Crippen molar-refractivity contribution >= 4 is 33.8 Å². The lowest BCUT2D eigenvalue weighted by Gasteiger charge is -2.14. The van der Waals surface area contributed by atoms with Crippen LogP contribution in [0, 0.1) is 29.6 Å². The van der Waals surface area contributed by atoms with Gasteiger partial charge in [-0.05, 0) is 67.6 Å². The van der Waals surface area contributed by atoms with E-state index in [0.29, 0.717) is 62.2 Å². The number of benzene rings is 3. The highest BCUT2D eigenvalue weighted by Crippen LogP contribution is 2.42. The third-order valence-corrected chi connectivity index (χ3v) is 7.12. The molecule has 2 aromatic heterocycles. The Kier molecular flexibility index (Phi) is 5.44. The number of ether oxygens (including phenoxy) is 1. The third kappa shape index (κ3) is 3.84. The van der Waals surface area contributed by atoms with Crippen molar-refractivity contribution in [2.24, 2.45) is 5.10 Å². The Balaban J connectivity index is 1.46. The molecule has 3 aromatic carbocycles. The van der Waals surface area contributed by atoms with Gasteiger partial charge in [0.25, 0.3) is 5.91 Å². The fourth-order valence-electron chi connectivity index (χ4n) is 5.15. The Morgan fingerprint density at radius 2 is 1.51 bits per heavy atom. The molecule has 4 heterocycles. The average Bonchev–Trinajstić information content (AvgIpc) is 3.45. The summed E-state index contributed by atoms with van der Waals surface area (Å²) in [6.45, 7) is 1.89. The minimum Gasteiger partial charge on any atom is -0.471 e. The van der Waals surface area contributed by atoms with Crippen LogP contribution in [-0.2, 0) is 4.79 Å². The van der Waals surface area contributed by atoms with Gasteiger partial charge in [0.2, 0.25) is 5.88 Å². The summed E-state index contributed by atoms with van der Waals surface area (Å²) in [6, 6.07) is 29.6. The SMILES string of the molecule is Cc1nn(-c2ccc(C#N)cc2)c2c1C(c1ccc3ccccc3n1)=C1C(=O)N(c3ccc(C#N)cc3)N=C1CO2. The maximum Gasteiger partial charge on any atom is 0.281 e. The molecule has 2 aliphatic rings. The number of nitrogens with zero attached hydrogens (tertiary/aromatic N) is 7. The molecule has 0 saturated carbocycles. The Labute approximate surface area is 234 Å². The molecular weight excluding hydrogens is 514 g/mol. The zero-order valence-corrected chi connectivity index (χ0v) is 21.7. The third-order valence-electron chi connectivity index (χ3n) is 7.12. The molecule has 0 spiro atoms. The summed E-state index contributed by atoms with van der Waals surface area (Å²) < 4.78 is 8.03. The van der Waals surface area contributed by atoms with Gasteiger partial charge in [-0.1, -0.05) is 24.3 Å². The van der Waals surface area contributed by atoms with E-state index in [1.807, 2.05) is 43.3 Å². The molecule has 41 heavy (non-hydrogen) atoms. The van der Waals surface area contributed by atoms with Crippen LogP contribution < -0.4 is 9.75 Å². The van der Waals surface area contributed by atoms with Gasteiger partial charge in [0, 0.05) is 11.0 Å². The number of hydrogen-bond acceptors (Lipinski definition) is 7. The van der Waals surface area contributed by atoms with Crippen LogP contribution in [-0.4, -0.2) is 33.0 Å². The van der Waals surface area contributed by atoms with Crippen LogP contribution in [0.15, 0.2) is 95.6 Å². The standard InChI is InChI=1S/C32H19N7O2/c1-19-28-29(26-15-10-22-4-2-3-5-25(22)35-26)30-27(37-38(31(30)40)23-11-6-20(16-33)7-12-23)18-41-32(28)39(36-19)24-13-8-21(17-34)9-14-24/h2-15H,18H2,1H3. The van der Waals surface area contributed by atoms with Crippen molar-refractivity contribution in [2.75, 3.05) is 11.6 Å². The van der Waals surface area contributed by atoms with Crippen molar-refractivity contribution in [3.05, 3.63) is 119 Å². The fraction of sp³-hybridized carbons (Fsp3) is 0.0625. The molecule has 5 aromatic rings. The van der Waals surface area contributed by atoms with Gasteiger partial charge in [-0.2, -0.15) is 25.7 Å². The molecule has 0 radical (unpaired) electrons. The number of pyridine rings is 1. The largest absolute Gasteiger partial charge is 0.471 e. The first-order valence-corrected chi connectivity index (χ1v) is 12.8. The molecule has 0 bridgehead atoms. The number of amides is 1. The van der Waals surface area contributed by atoms with E-state index in [-0.39, 0.29) is 12.5 Å². The van der Waals surface area contributed by atoms with Crippen molar-refractivity contribution in [3.8, 4) is 23.7 Å². The first-order valence-electron chi connectivity index (χ1n) is 12.8. The Hall–Kier alpha value is -6.06. The smallest absolute Gasteiger partial charge is 0.281 e. The van der Waals surface area contributed by atoms with E-state index in [9.17, 15) is 15.3 Å². The summed E-state index contributed by atoms with van der Waals surface area (Å²) >= 11 is 0. The van der Waals surface area contributed by atoms with E-state index in [4.69, 9.17) is 14.8 Å². The van der Waals surface area contributed by atoms with Crippen LogP contribution in [0.2, 0.25) is 0 Å². The quantitative estimate of drug-likeness (QED) is 0.319.